The summed E-state index contributed by atoms with van der Waals surface area (Å²) in [4.78, 5) is 13.7. The molecule has 0 spiro atoms. The summed E-state index contributed by atoms with van der Waals surface area (Å²) in [5.74, 6) is 0. The molecule has 0 bridgehead atoms. The van der Waals surface area contributed by atoms with Crippen molar-refractivity contribution in [3.63, 3.8) is 0 Å². The number of hydrogen-bond acceptors (Lipinski definition) is 4. The first-order valence-corrected chi connectivity index (χ1v) is 9.13. The van der Waals surface area contributed by atoms with E-state index in [0.717, 1.165) is 0 Å². The first-order valence-electron chi connectivity index (χ1n) is 6.81. The number of carbonyl (C=O) groups is 1. The molecule has 2 amide bonds. The van der Waals surface area contributed by atoms with E-state index < -0.39 is 10.0 Å². The molecule has 1 fully saturated rings. The summed E-state index contributed by atoms with van der Waals surface area (Å²) in [5.41, 5.74) is -0.294. The molecule has 1 aromatic heterocycles. The lowest BCUT2D eigenvalue weighted by atomic mass is 10.1. The number of sulfonamides is 1. The molecular formula is C13H21N3O3S2. The second-order valence-corrected chi connectivity index (χ2v) is 9.12. The monoisotopic (exact) mass is 331 g/mol. The van der Waals surface area contributed by atoms with Crippen molar-refractivity contribution in [3.05, 3.63) is 17.5 Å². The number of nitrogens with zero attached hydrogens (tertiary/aromatic N) is 2. The van der Waals surface area contributed by atoms with Gasteiger partial charge in [-0.05, 0) is 32.2 Å². The minimum Gasteiger partial charge on any atom is -0.333 e. The van der Waals surface area contributed by atoms with Crippen molar-refractivity contribution in [1.82, 2.24) is 14.5 Å². The van der Waals surface area contributed by atoms with Crippen LogP contribution in [0, 0.1) is 0 Å². The minimum absolute atomic E-state index is 0.143. The van der Waals surface area contributed by atoms with E-state index in [1.54, 1.807) is 22.4 Å². The Bertz CT molecular complexity index is 583. The third-order valence-corrected chi connectivity index (χ3v) is 6.37. The van der Waals surface area contributed by atoms with E-state index in [1.165, 1.54) is 15.6 Å². The fraction of sp³-hybridized carbons (Fsp3) is 0.615. The van der Waals surface area contributed by atoms with Gasteiger partial charge in [-0.15, -0.1) is 11.3 Å². The summed E-state index contributed by atoms with van der Waals surface area (Å²) in [6.45, 7) is 7.24. The van der Waals surface area contributed by atoms with Crippen LogP contribution < -0.4 is 5.32 Å². The molecule has 118 valence electrons. The summed E-state index contributed by atoms with van der Waals surface area (Å²) in [7, 11) is -3.41. The molecular weight excluding hydrogens is 310 g/mol. The van der Waals surface area contributed by atoms with Gasteiger partial charge in [0.2, 0.25) is 0 Å². The molecule has 2 heterocycles. The zero-order valence-corrected chi connectivity index (χ0v) is 14.1. The van der Waals surface area contributed by atoms with E-state index in [9.17, 15) is 13.2 Å². The number of rotatable bonds is 2. The largest absolute Gasteiger partial charge is 0.333 e. The zero-order chi connectivity index (χ0) is 15.7. The van der Waals surface area contributed by atoms with Crippen LogP contribution in [0.1, 0.15) is 20.8 Å². The lowest BCUT2D eigenvalue weighted by Gasteiger charge is -2.35. The Balaban J connectivity index is 1.96. The maximum absolute atomic E-state index is 12.4. The molecule has 1 N–H and O–H groups in total. The summed E-state index contributed by atoms with van der Waals surface area (Å²) in [6.07, 6.45) is 0. The molecule has 1 aliphatic heterocycles. The topological polar surface area (TPSA) is 69.7 Å². The van der Waals surface area contributed by atoms with E-state index in [2.05, 4.69) is 5.32 Å². The lowest BCUT2D eigenvalue weighted by molar-refractivity contribution is 0.165. The number of urea groups is 1. The lowest BCUT2D eigenvalue weighted by Crippen LogP contribution is -2.55. The molecule has 2 rings (SSSR count). The van der Waals surface area contributed by atoms with Gasteiger partial charge in [0, 0.05) is 31.7 Å². The summed E-state index contributed by atoms with van der Waals surface area (Å²) < 4.78 is 26.5. The molecule has 0 unspecified atom stereocenters. The molecule has 1 saturated heterocycles. The summed E-state index contributed by atoms with van der Waals surface area (Å²) >= 11 is 1.22. The van der Waals surface area contributed by atoms with Gasteiger partial charge < -0.3 is 10.2 Å². The van der Waals surface area contributed by atoms with Crippen LogP contribution in [0.15, 0.2) is 21.7 Å². The number of thiophene rings is 1. The fourth-order valence-corrected chi connectivity index (χ4v) is 4.64. The number of piperazine rings is 1. The third-order valence-electron chi connectivity index (χ3n) is 3.10. The average molecular weight is 331 g/mol. The number of carbonyl (C=O) groups excluding carboxylic acids is 1. The Hall–Kier alpha value is -1.12. The van der Waals surface area contributed by atoms with Gasteiger partial charge in [0.25, 0.3) is 10.0 Å². The Kier molecular flexibility index (Phi) is 4.60. The first kappa shape index (κ1) is 16.3. The van der Waals surface area contributed by atoms with E-state index in [0.29, 0.717) is 30.4 Å². The molecule has 6 nitrogen and oxygen atoms in total. The van der Waals surface area contributed by atoms with E-state index in [-0.39, 0.29) is 11.6 Å². The van der Waals surface area contributed by atoms with Gasteiger partial charge in [-0.25, -0.2) is 13.2 Å². The highest BCUT2D eigenvalue weighted by Crippen LogP contribution is 2.22. The van der Waals surface area contributed by atoms with Crippen molar-refractivity contribution in [2.24, 2.45) is 0 Å². The van der Waals surface area contributed by atoms with Crippen LogP contribution in [-0.2, 0) is 10.0 Å². The quantitative estimate of drug-likeness (QED) is 0.894. The SMILES string of the molecule is CC(C)(C)NC(=O)N1CCN(S(=O)(=O)c2cccs2)CC1. The highest BCUT2D eigenvalue weighted by atomic mass is 32.2. The van der Waals surface area contributed by atoms with Crippen molar-refractivity contribution in [2.75, 3.05) is 26.2 Å². The van der Waals surface area contributed by atoms with Gasteiger partial charge >= 0.3 is 6.03 Å². The molecule has 1 aliphatic rings. The van der Waals surface area contributed by atoms with Gasteiger partial charge in [-0.3, -0.25) is 0 Å². The van der Waals surface area contributed by atoms with Crippen LogP contribution in [0.2, 0.25) is 0 Å². The number of nitrogens with one attached hydrogen (secondary N) is 1. The molecule has 0 radical (unpaired) electrons. The molecule has 21 heavy (non-hydrogen) atoms. The predicted molar refractivity (Wildman–Crippen MR) is 82.9 cm³/mol. The highest BCUT2D eigenvalue weighted by molar-refractivity contribution is 7.91. The fourth-order valence-electron chi connectivity index (χ4n) is 2.07. The highest BCUT2D eigenvalue weighted by Gasteiger charge is 2.31. The molecule has 1 aromatic rings. The second kappa shape index (κ2) is 5.94. The number of amides is 2. The van der Waals surface area contributed by atoms with Gasteiger partial charge in [0.1, 0.15) is 4.21 Å². The zero-order valence-electron chi connectivity index (χ0n) is 12.5. The smallest absolute Gasteiger partial charge is 0.317 e. The van der Waals surface area contributed by atoms with Crippen LogP contribution in [0.5, 0.6) is 0 Å². The summed E-state index contributed by atoms with van der Waals surface area (Å²) in [5, 5.41) is 4.64. The molecule has 0 aliphatic carbocycles. The average Bonchev–Trinajstić information content (AvgIpc) is 2.91. The summed E-state index contributed by atoms with van der Waals surface area (Å²) in [6, 6.07) is 3.19. The van der Waals surface area contributed by atoms with Crippen LogP contribution in [-0.4, -0.2) is 55.4 Å². The number of hydrogen-bond donors (Lipinski definition) is 1. The Morgan fingerprint density at radius 1 is 1.24 bits per heavy atom. The molecule has 0 saturated carbocycles. The van der Waals surface area contributed by atoms with E-state index >= 15 is 0 Å². The molecule has 0 atom stereocenters. The Morgan fingerprint density at radius 3 is 2.33 bits per heavy atom. The van der Waals surface area contributed by atoms with Crippen molar-refractivity contribution < 1.29 is 13.2 Å². The molecule has 8 heteroatoms. The van der Waals surface area contributed by atoms with E-state index in [4.69, 9.17) is 0 Å². The Morgan fingerprint density at radius 2 is 1.86 bits per heavy atom. The normalized spacial score (nSPS) is 17.8. The van der Waals surface area contributed by atoms with Crippen molar-refractivity contribution in [1.29, 1.82) is 0 Å². The maximum atomic E-state index is 12.4. The Labute approximate surface area is 129 Å². The van der Waals surface area contributed by atoms with Crippen LogP contribution in [0.3, 0.4) is 0 Å². The second-order valence-electron chi connectivity index (χ2n) is 6.00. The van der Waals surface area contributed by atoms with Crippen LogP contribution in [0.4, 0.5) is 4.79 Å². The van der Waals surface area contributed by atoms with Crippen LogP contribution in [0.25, 0.3) is 0 Å². The van der Waals surface area contributed by atoms with Crippen molar-refractivity contribution in [2.45, 2.75) is 30.5 Å². The minimum atomic E-state index is -3.41. The first-order chi connectivity index (χ1) is 9.70. The molecule has 0 aromatic carbocycles. The predicted octanol–water partition coefficient (Wildman–Crippen LogP) is 1.56. The van der Waals surface area contributed by atoms with Crippen molar-refractivity contribution >= 4 is 27.4 Å². The van der Waals surface area contributed by atoms with Gasteiger partial charge in [0.05, 0.1) is 0 Å². The van der Waals surface area contributed by atoms with Crippen molar-refractivity contribution in [3.8, 4) is 0 Å². The maximum Gasteiger partial charge on any atom is 0.317 e. The van der Waals surface area contributed by atoms with E-state index in [1.807, 2.05) is 20.8 Å². The third kappa shape index (κ3) is 3.96. The van der Waals surface area contributed by atoms with Gasteiger partial charge in [-0.2, -0.15) is 4.31 Å². The van der Waals surface area contributed by atoms with Crippen LogP contribution >= 0.6 is 11.3 Å². The standard InChI is InChI=1S/C13H21N3O3S2/c1-13(2,3)14-12(17)15-6-8-16(9-7-15)21(18,19)11-5-4-10-20-11/h4-5,10H,6-9H2,1-3H3,(H,14,17). The van der Waals surface area contributed by atoms with Gasteiger partial charge in [-0.1, -0.05) is 6.07 Å². The van der Waals surface area contributed by atoms with Gasteiger partial charge in [0.15, 0.2) is 0 Å².